The van der Waals surface area contributed by atoms with Gasteiger partial charge in [-0.05, 0) is 31.5 Å². The summed E-state index contributed by atoms with van der Waals surface area (Å²) in [7, 11) is 0. The Balaban J connectivity index is 3.25. The van der Waals surface area contributed by atoms with E-state index in [-0.39, 0.29) is 16.6 Å². The third-order valence-corrected chi connectivity index (χ3v) is 3.37. The van der Waals surface area contributed by atoms with Crippen LogP contribution < -0.4 is 5.32 Å². The molecule has 0 saturated carbocycles. The average Bonchev–Trinajstić information content (AvgIpc) is 2.29. The lowest BCUT2D eigenvalue weighted by Gasteiger charge is -2.27. The van der Waals surface area contributed by atoms with Crippen molar-refractivity contribution in [2.24, 2.45) is 0 Å². The van der Waals surface area contributed by atoms with Crippen molar-refractivity contribution in [1.29, 1.82) is 0 Å². The van der Waals surface area contributed by atoms with Crippen molar-refractivity contribution in [3.8, 4) is 0 Å². The number of carbonyl (C=O) groups is 1. The second-order valence-electron chi connectivity index (χ2n) is 4.30. The normalized spacial score (nSPS) is 14.8. The van der Waals surface area contributed by atoms with Crippen LogP contribution in [-0.2, 0) is 11.0 Å². The summed E-state index contributed by atoms with van der Waals surface area (Å²) in [4.78, 5) is 11.1. The summed E-state index contributed by atoms with van der Waals surface area (Å²) >= 11 is 2.97. The molecular weight excluding hydrogens is 327 g/mol. The first-order valence-corrected chi connectivity index (χ1v) is 6.28. The molecule has 0 bridgehead atoms. The fraction of sp³-hybridized carbons (Fsp3) is 0.417. The molecule has 1 unspecified atom stereocenters. The Hall–Kier alpha value is -1.24. The number of carboxylic acid groups (broad SMARTS) is 1. The molecule has 0 fully saturated rings. The van der Waals surface area contributed by atoms with Crippen molar-refractivity contribution < 1.29 is 23.1 Å². The van der Waals surface area contributed by atoms with E-state index in [9.17, 15) is 18.0 Å². The first-order valence-electron chi connectivity index (χ1n) is 5.48. The molecule has 1 atom stereocenters. The largest absolute Gasteiger partial charge is 0.480 e. The fourth-order valence-electron chi connectivity index (χ4n) is 1.45. The van der Waals surface area contributed by atoms with E-state index >= 15 is 0 Å². The number of nitrogens with one attached hydrogen (secondary N) is 1. The molecule has 1 aromatic rings. The summed E-state index contributed by atoms with van der Waals surface area (Å²) in [5.74, 6) is -1.20. The van der Waals surface area contributed by atoms with Crippen LogP contribution >= 0.6 is 15.9 Å². The van der Waals surface area contributed by atoms with Crippen LogP contribution in [0.15, 0.2) is 22.7 Å². The SMILES string of the molecule is CCC(C)(Nc1ccc(Br)cc1C(F)(F)F)C(=O)O. The minimum Gasteiger partial charge on any atom is -0.480 e. The lowest BCUT2D eigenvalue weighted by atomic mass is 9.98. The van der Waals surface area contributed by atoms with Gasteiger partial charge in [0, 0.05) is 10.2 Å². The van der Waals surface area contributed by atoms with E-state index in [0.29, 0.717) is 0 Å². The molecular formula is C12H13BrF3NO2. The molecule has 7 heteroatoms. The van der Waals surface area contributed by atoms with Crippen molar-refractivity contribution in [2.75, 3.05) is 5.32 Å². The first kappa shape index (κ1) is 15.8. The highest BCUT2D eigenvalue weighted by molar-refractivity contribution is 9.10. The van der Waals surface area contributed by atoms with Crippen molar-refractivity contribution in [3.05, 3.63) is 28.2 Å². The van der Waals surface area contributed by atoms with Gasteiger partial charge in [-0.15, -0.1) is 0 Å². The van der Waals surface area contributed by atoms with Crippen molar-refractivity contribution in [2.45, 2.75) is 32.0 Å². The Bertz CT molecular complexity index is 490. The summed E-state index contributed by atoms with van der Waals surface area (Å²) in [6.07, 6.45) is -4.41. The Labute approximate surface area is 116 Å². The molecule has 0 heterocycles. The maximum absolute atomic E-state index is 12.9. The van der Waals surface area contributed by atoms with Crippen LogP contribution in [0.2, 0.25) is 0 Å². The van der Waals surface area contributed by atoms with E-state index < -0.39 is 23.2 Å². The quantitative estimate of drug-likeness (QED) is 0.866. The molecule has 2 N–H and O–H groups in total. The molecule has 1 rings (SSSR count). The van der Waals surface area contributed by atoms with Gasteiger partial charge in [0.2, 0.25) is 0 Å². The standard InChI is InChI=1S/C12H13BrF3NO2/c1-3-11(2,10(18)19)17-9-5-4-7(13)6-8(9)12(14,15)16/h4-6,17H,3H2,1-2H3,(H,18,19). The van der Waals surface area contributed by atoms with Gasteiger partial charge in [0.1, 0.15) is 5.54 Å². The molecule has 0 aliphatic rings. The topological polar surface area (TPSA) is 49.3 Å². The van der Waals surface area contributed by atoms with Gasteiger partial charge in [0.25, 0.3) is 0 Å². The minimum absolute atomic E-state index is 0.149. The number of hydrogen-bond donors (Lipinski definition) is 2. The van der Waals surface area contributed by atoms with Gasteiger partial charge in [-0.25, -0.2) is 4.79 Å². The summed E-state index contributed by atoms with van der Waals surface area (Å²) < 4.78 is 39.0. The average molecular weight is 340 g/mol. The molecule has 0 aliphatic heterocycles. The molecule has 0 amide bonds. The number of anilines is 1. The molecule has 3 nitrogen and oxygen atoms in total. The second-order valence-corrected chi connectivity index (χ2v) is 5.22. The Morgan fingerprint density at radius 1 is 1.42 bits per heavy atom. The Morgan fingerprint density at radius 2 is 2.00 bits per heavy atom. The highest BCUT2D eigenvalue weighted by atomic mass is 79.9. The van der Waals surface area contributed by atoms with Gasteiger partial charge in [-0.3, -0.25) is 0 Å². The van der Waals surface area contributed by atoms with Crippen LogP contribution in [-0.4, -0.2) is 16.6 Å². The van der Waals surface area contributed by atoms with Crippen LogP contribution in [0, 0.1) is 0 Å². The highest BCUT2D eigenvalue weighted by Gasteiger charge is 2.37. The molecule has 19 heavy (non-hydrogen) atoms. The number of hydrogen-bond acceptors (Lipinski definition) is 2. The van der Waals surface area contributed by atoms with E-state index in [0.717, 1.165) is 6.07 Å². The summed E-state index contributed by atoms with van der Waals surface area (Å²) in [6.45, 7) is 2.94. The monoisotopic (exact) mass is 339 g/mol. The van der Waals surface area contributed by atoms with Gasteiger partial charge in [0.15, 0.2) is 0 Å². The molecule has 0 saturated heterocycles. The number of rotatable bonds is 4. The number of benzene rings is 1. The zero-order valence-electron chi connectivity index (χ0n) is 10.3. The number of carboxylic acids is 1. The minimum atomic E-state index is -4.56. The fourth-order valence-corrected chi connectivity index (χ4v) is 1.81. The van der Waals surface area contributed by atoms with Crippen LogP contribution in [0.5, 0.6) is 0 Å². The molecule has 106 valence electrons. The van der Waals surface area contributed by atoms with Gasteiger partial charge in [-0.1, -0.05) is 22.9 Å². The maximum Gasteiger partial charge on any atom is 0.418 e. The molecule has 0 spiro atoms. The maximum atomic E-state index is 12.9. The van der Waals surface area contributed by atoms with E-state index in [1.165, 1.54) is 19.1 Å². The van der Waals surface area contributed by atoms with E-state index in [4.69, 9.17) is 5.11 Å². The van der Waals surface area contributed by atoms with Gasteiger partial charge < -0.3 is 10.4 Å². The van der Waals surface area contributed by atoms with E-state index in [1.807, 2.05) is 0 Å². The van der Waals surface area contributed by atoms with Gasteiger partial charge in [0.05, 0.1) is 5.56 Å². The van der Waals surface area contributed by atoms with Gasteiger partial charge in [-0.2, -0.15) is 13.2 Å². The van der Waals surface area contributed by atoms with Crippen molar-refractivity contribution >= 4 is 27.6 Å². The molecule has 1 aromatic carbocycles. The molecule has 0 aliphatic carbocycles. The Kier molecular flexibility index (Phi) is 4.50. The van der Waals surface area contributed by atoms with Gasteiger partial charge >= 0.3 is 12.1 Å². The van der Waals surface area contributed by atoms with E-state index in [1.54, 1.807) is 6.92 Å². The second kappa shape index (κ2) is 5.40. The van der Waals surface area contributed by atoms with Crippen molar-refractivity contribution in [3.63, 3.8) is 0 Å². The van der Waals surface area contributed by atoms with Crippen LogP contribution in [0.1, 0.15) is 25.8 Å². The van der Waals surface area contributed by atoms with Crippen LogP contribution in [0.3, 0.4) is 0 Å². The van der Waals surface area contributed by atoms with Crippen molar-refractivity contribution in [1.82, 2.24) is 0 Å². The third kappa shape index (κ3) is 3.62. The predicted octanol–water partition coefficient (Wildman–Crippen LogP) is 4.13. The van der Waals surface area contributed by atoms with Crippen LogP contribution in [0.25, 0.3) is 0 Å². The highest BCUT2D eigenvalue weighted by Crippen LogP contribution is 2.37. The number of alkyl halides is 3. The zero-order valence-corrected chi connectivity index (χ0v) is 11.9. The third-order valence-electron chi connectivity index (χ3n) is 2.88. The first-order chi connectivity index (χ1) is 8.60. The van der Waals surface area contributed by atoms with E-state index in [2.05, 4.69) is 21.2 Å². The number of halogens is 4. The molecule has 0 radical (unpaired) electrons. The number of aliphatic carboxylic acids is 1. The Morgan fingerprint density at radius 3 is 2.42 bits per heavy atom. The lowest BCUT2D eigenvalue weighted by Crippen LogP contribution is -2.43. The lowest BCUT2D eigenvalue weighted by molar-refractivity contribution is -0.142. The summed E-state index contributed by atoms with van der Waals surface area (Å²) in [6, 6.07) is 3.56. The summed E-state index contributed by atoms with van der Waals surface area (Å²) in [5, 5.41) is 11.6. The summed E-state index contributed by atoms with van der Waals surface area (Å²) in [5.41, 5.74) is -2.60. The predicted molar refractivity (Wildman–Crippen MR) is 69.1 cm³/mol. The smallest absolute Gasteiger partial charge is 0.418 e. The zero-order chi connectivity index (χ0) is 14.8. The van der Waals surface area contributed by atoms with Crippen LogP contribution in [0.4, 0.5) is 18.9 Å². The molecule has 0 aromatic heterocycles.